The molecule has 0 unspecified atom stereocenters. The number of benzene rings is 1. The minimum Gasteiger partial charge on any atom is -0.481 e. The molecule has 26 heavy (non-hydrogen) atoms. The highest BCUT2D eigenvalue weighted by molar-refractivity contribution is 6.36. The molecule has 5 nitrogen and oxygen atoms in total. The number of carbonyl (C=O) groups excluding carboxylic acids is 1. The Morgan fingerprint density at radius 3 is 2.88 bits per heavy atom. The number of fused-ring (bicyclic) bond motifs is 2. The van der Waals surface area contributed by atoms with Crippen LogP contribution in [0.25, 0.3) is 11.6 Å². The van der Waals surface area contributed by atoms with Gasteiger partial charge in [0.25, 0.3) is 5.91 Å². The number of aliphatic carboxylic acids is 1. The number of hydrogen-bond donors (Lipinski definition) is 3. The summed E-state index contributed by atoms with van der Waals surface area (Å²) in [7, 11) is 0. The summed E-state index contributed by atoms with van der Waals surface area (Å²) < 4.78 is 0. The van der Waals surface area contributed by atoms with Crippen LogP contribution in [0.5, 0.6) is 0 Å². The van der Waals surface area contributed by atoms with Crippen molar-refractivity contribution in [1.29, 1.82) is 0 Å². The van der Waals surface area contributed by atoms with Crippen LogP contribution < -0.4 is 5.32 Å². The van der Waals surface area contributed by atoms with Gasteiger partial charge >= 0.3 is 5.97 Å². The number of carboxylic acids is 1. The minimum atomic E-state index is -0.815. The van der Waals surface area contributed by atoms with Gasteiger partial charge in [-0.15, -0.1) is 0 Å². The molecule has 134 valence electrons. The first kappa shape index (κ1) is 16.9. The highest BCUT2D eigenvalue weighted by atomic mass is 35.5. The Balaban J connectivity index is 1.80. The maximum absolute atomic E-state index is 12.4. The second-order valence-electron chi connectivity index (χ2n) is 6.78. The van der Waals surface area contributed by atoms with Gasteiger partial charge in [0.15, 0.2) is 0 Å². The topological polar surface area (TPSA) is 82.2 Å². The first-order valence-electron chi connectivity index (χ1n) is 8.80. The fourth-order valence-corrected chi connectivity index (χ4v) is 4.04. The van der Waals surface area contributed by atoms with Crippen LogP contribution in [-0.4, -0.2) is 22.0 Å². The molecule has 0 radical (unpaired) electrons. The number of rotatable bonds is 4. The van der Waals surface area contributed by atoms with Crippen molar-refractivity contribution in [3.05, 3.63) is 51.3 Å². The molecule has 2 aromatic rings. The Labute approximate surface area is 156 Å². The molecule has 0 fully saturated rings. The average Bonchev–Trinajstić information content (AvgIpc) is 3.11. The van der Waals surface area contributed by atoms with E-state index in [1.54, 1.807) is 18.2 Å². The molecule has 0 spiro atoms. The number of H-pyrrole nitrogens is 1. The Morgan fingerprint density at radius 2 is 2.08 bits per heavy atom. The summed E-state index contributed by atoms with van der Waals surface area (Å²) in [5, 5.41) is 12.5. The van der Waals surface area contributed by atoms with Gasteiger partial charge in [-0.25, -0.2) is 0 Å². The van der Waals surface area contributed by atoms with E-state index in [2.05, 4.69) is 10.3 Å². The van der Waals surface area contributed by atoms with Crippen molar-refractivity contribution < 1.29 is 14.7 Å². The van der Waals surface area contributed by atoms with E-state index in [0.29, 0.717) is 17.0 Å². The van der Waals surface area contributed by atoms with Gasteiger partial charge in [-0.3, -0.25) is 9.59 Å². The number of halogens is 1. The highest BCUT2D eigenvalue weighted by Crippen LogP contribution is 2.36. The van der Waals surface area contributed by atoms with E-state index in [1.807, 2.05) is 6.08 Å². The maximum atomic E-state index is 12.4. The summed E-state index contributed by atoms with van der Waals surface area (Å²) in [5.74, 6) is -0.982. The maximum Gasteiger partial charge on any atom is 0.303 e. The SMILES string of the molecule is O=C(O)CCc1c(/C=C2\C(=O)Nc3ccc(Cl)cc32)[nH]c2c1CCCC2. The molecule has 0 saturated heterocycles. The number of aromatic nitrogens is 1. The summed E-state index contributed by atoms with van der Waals surface area (Å²) >= 11 is 6.10. The van der Waals surface area contributed by atoms with E-state index in [0.717, 1.165) is 48.2 Å². The van der Waals surface area contributed by atoms with Crippen molar-refractivity contribution in [1.82, 2.24) is 4.98 Å². The molecule has 2 heterocycles. The van der Waals surface area contributed by atoms with Crippen LogP contribution in [0.4, 0.5) is 5.69 Å². The van der Waals surface area contributed by atoms with E-state index in [9.17, 15) is 9.59 Å². The molecule has 0 bridgehead atoms. The Bertz CT molecular complexity index is 943. The summed E-state index contributed by atoms with van der Waals surface area (Å²) in [4.78, 5) is 26.9. The predicted molar refractivity (Wildman–Crippen MR) is 101 cm³/mol. The molecule has 1 aliphatic heterocycles. The monoisotopic (exact) mass is 370 g/mol. The summed E-state index contributed by atoms with van der Waals surface area (Å²) in [5.41, 5.74) is 6.35. The number of nitrogens with one attached hydrogen (secondary N) is 2. The third-order valence-corrected chi connectivity index (χ3v) is 5.32. The zero-order chi connectivity index (χ0) is 18.3. The van der Waals surface area contributed by atoms with Crippen molar-refractivity contribution in [2.75, 3.05) is 5.32 Å². The number of hydrogen-bond acceptors (Lipinski definition) is 2. The van der Waals surface area contributed by atoms with Gasteiger partial charge in [-0.1, -0.05) is 11.6 Å². The Kier molecular flexibility index (Phi) is 4.32. The first-order valence-corrected chi connectivity index (χ1v) is 9.18. The van der Waals surface area contributed by atoms with E-state index in [1.165, 1.54) is 11.3 Å². The lowest BCUT2D eigenvalue weighted by Gasteiger charge is -2.12. The Morgan fingerprint density at radius 1 is 1.27 bits per heavy atom. The molecule has 6 heteroatoms. The van der Waals surface area contributed by atoms with Crippen molar-refractivity contribution >= 4 is 40.8 Å². The molecular weight excluding hydrogens is 352 g/mol. The van der Waals surface area contributed by atoms with Crippen molar-refractivity contribution in [2.45, 2.75) is 38.5 Å². The number of amides is 1. The van der Waals surface area contributed by atoms with Gasteiger partial charge < -0.3 is 15.4 Å². The molecule has 0 saturated carbocycles. The van der Waals surface area contributed by atoms with Gasteiger partial charge in [0.05, 0.1) is 5.57 Å². The van der Waals surface area contributed by atoms with Crippen molar-refractivity contribution in [2.24, 2.45) is 0 Å². The lowest BCUT2D eigenvalue weighted by Crippen LogP contribution is -2.05. The summed E-state index contributed by atoms with van der Waals surface area (Å²) in [6.45, 7) is 0. The van der Waals surface area contributed by atoms with Crippen LogP contribution in [0.2, 0.25) is 5.02 Å². The molecular formula is C20H19ClN2O3. The summed E-state index contributed by atoms with van der Waals surface area (Å²) in [6.07, 6.45) is 6.54. The normalized spacial score (nSPS) is 17.1. The van der Waals surface area contributed by atoms with Crippen molar-refractivity contribution in [3.63, 3.8) is 0 Å². The molecule has 1 amide bonds. The van der Waals surface area contributed by atoms with E-state index in [-0.39, 0.29) is 12.3 Å². The standard InChI is InChI=1S/C20H19ClN2O3/c21-11-5-7-17-14(9-11)15(20(26)23-17)10-18-13(6-8-19(24)25)12-3-1-2-4-16(12)22-18/h5,7,9-10,22H,1-4,6,8H2,(H,23,26)(H,24,25)/b15-10-. The van der Waals surface area contributed by atoms with E-state index in [4.69, 9.17) is 16.7 Å². The van der Waals surface area contributed by atoms with Crippen LogP contribution in [0.3, 0.4) is 0 Å². The average molecular weight is 371 g/mol. The minimum absolute atomic E-state index is 0.0785. The fourth-order valence-electron chi connectivity index (χ4n) is 3.87. The zero-order valence-electron chi connectivity index (χ0n) is 14.2. The molecule has 2 aliphatic rings. The van der Waals surface area contributed by atoms with E-state index < -0.39 is 5.97 Å². The highest BCUT2D eigenvalue weighted by Gasteiger charge is 2.26. The number of aromatic amines is 1. The van der Waals surface area contributed by atoms with Gasteiger partial charge in [-0.2, -0.15) is 0 Å². The number of carbonyl (C=O) groups is 2. The van der Waals surface area contributed by atoms with Crippen LogP contribution in [0, 0.1) is 0 Å². The quantitative estimate of drug-likeness (QED) is 0.710. The second-order valence-corrected chi connectivity index (χ2v) is 7.21. The lowest BCUT2D eigenvalue weighted by atomic mass is 9.92. The summed E-state index contributed by atoms with van der Waals surface area (Å²) in [6, 6.07) is 5.32. The number of aryl methyl sites for hydroxylation is 1. The Hall–Kier alpha value is -2.53. The zero-order valence-corrected chi connectivity index (χ0v) is 14.9. The molecule has 1 aromatic heterocycles. The van der Waals surface area contributed by atoms with Crippen LogP contribution in [0.15, 0.2) is 18.2 Å². The molecule has 1 aromatic carbocycles. The lowest BCUT2D eigenvalue weighted by molar-refractivity contribution is -0.137. The largest absolute Gasteiger partial charge is 0.481 e. The van der Waals surface area contributed by atoms with Crippen LogP contribution >= 0.6 is 11.6 Å². The van der Waals surface area contributed by atoms with Gasteiger partial charge in [0.1, 0.15) is 0 Å². The predicted octanol–water partition coefficient (Wildman–Crippen LogP) is 4.06. The third kappa shape index (κ3) is 3.03. The molecule has 4 rings (SSSR count). The fraction of sp³-hybridized carbons (Fsp3) is 0.300. The van der Waals surface area contributed by atoms with Gasteiger partial charge in [0, 0.05) is 34.1 Å². The third-order valence-electron chi connectivity index (χ3n) is 5.08. The van der Waals surface area contributed by atoms with Crippen LogP contribution in [-0.2, 0) is 28.9 Å². The van der Waals surface area contributed by atoms with Gasteiger partial charge in [-0.05, 0) is 67.5 Å². The number of carboxylic acid groups (broad SMARTS) is 1. The molecule has 3 N–H and O–H groups in total. The van der Waals surface area contributed by atoms with Crippen LogP contribution in [0.1, 0.15) is 47.3 Å². The number of anilines is 1. The van der Waals surface area contributed by atoms with E-state index >= 15 is 0 Å². The molecule has 0 atom stereocenters. The first-order chi connectivity index (χ1) is 12.5. The van der Waals surface area contributed by atoms with Crippen molar-refractivity contribution in [3.8, 4) is 0 Å². The van der Waals surface area contributed by atoms with Gasteiger partial charge in [0.2, 0.25) is 0 Å². The smallest absolute Gasteiger partial charge is 0.303 e. The molecule has 1 aliphatic carbocycles. The second kappa shape index (κ2) is 6.65.